The minimum Gasteiger partial charge on any atom is -0.375 e. The third kappa shape index (κ3) is 4.53. The molecule has 4 aromatic rings. The molecular weight excluding hydrogens is 452 g/mol. The van der Waals surface area contributed by atoms with Gasteiger partial charge in [-0.1, -0.05) is 31.2 Å². The van der Waals surface area contributed by atoms with Crippen LogP contribution < -0.4 is 10.6 Å². The molecule has 0 saturated carbocycles. The van der Waals surface area contributed by atoms with Gasteiger partial charge in [0.25, 0.3) is 0 Å². The van der Waals surface area contributed by atoms with Crippen LogP contribution in [0.1, 0.15) is 30.3 Å². The Morgan fingerprint density at radius 3 is 2.74 bits per heavy atom. The van der Waals surface area contributed by atoms with E-state index < -0.39 is 0 Å². The van der Waals surface area contributed by atoms with Crippen LogP contribution in [0.3, 0.4) is 0 Å². The molecule has 0 radical (unpaired) electrons. The Labute approximate surface area is 211 Å². The van der Waals surface area contributed by atoms with Gasteiger partial charge in [0, 0.05) is 77.7 Å². The average Bonchev–Trinajstić information content (AvgIpc) is 3.45. The van der Waals surface area contributed by atoms with E-state index in [0.717, 1.165) is 57.2 Å². The summed E-state index contributed by atoms with van der Waals surface area (Å²) in [6, 6.07) is 16.0. The second-order valence-corrected chi connectivity index (χ2v) is 11.2. The standard InChI is InChI=1S/C28H36N6S/c1-2-12-33(20-10-11-23-26(19-20)35-28(29)31-23)16-13-32-14-17-34(18-15-32)25-9-5-8-24-27(25)21-6-3-4-7-22(21)30-24/h3-9,20,30H,2,10-19H2,1H3,(H2,29,31)/t20-/m0/s1. The molecule has 3 N–H and O–H groups in total. The van der Waals surface area contributed by atoms with Crippen LogP contribution in [0.4, 0.5) is 10.8 Å². The van der Waals surface area contributed by atoms with Crippen molar-refractivity contribution in [2.75, 3.05) is 56.4 Å². The fourth-order valence-corrected chi connectivity index (χ4v) is 7.03. The Bertz CT molecular complexity index is 1300. The van der Waals surface area contributed by atoms with Crippen LogP contribution in [0.5, 0.6) is 0 Å². The summed E-state index contributed by atoms with van der Waals surface area (Å²) in [7, 11) is 0. The maximum absolute atomic E-state index is 5.98. The van der Waals surface area contributed by atoms with E-state index >= 15 is 0 Å². The Kier molecular flexibility index (Phi) is 6.39. The highest BCUT2D eigenvalue weighted by atomic mass is 32.1. The second kappa shape index (κ2) is 9.80. The predicted octanol–water partition coefficient (Wildman–Crippen LogP) is 4.75. The minimum atomic E-state index is 0.628. The normalized spacial score (nSPS) is 19.1. The van der Waals surface area contributed by atoms with Gasteiger partial charge >= 0.3 is 0 Å². The van der Waals surface area contributed by atoms with E-state index in [1.165, 1.54) is 57.5 Å². The molecule has 3 heterocycles. The smallest absolute Gasteiger partial charge is 0.180 e. The molecule has 0 amide bonds. The molecule has 2 aromatic heterocycles. The molecule has 0 bridgehead atoms. The quantitative estimate of drug-likeness (QED) is 0.393. The number of nitrogens with one attached hydrogen (secondary N) is 1. The molecule has 35 heavy (non-hydrogen) atoms. The summed E-state index contributed by atoms with van der Waals surface area (Å²) in [5, 5.41) is 3.43. The van der Waals surface area contributed by atoms with Gasteiger partial charge in [-0.25, -0.2) is 4.98 Å². The van der Waals surface area contributed by atoms with Crippen LogP contribution in [0.25, 0.3) is 21.8 Å². The van der Waals surface area contributed by atoms with E-state index in [-0.39, 0.29) is 0 Å². The van der Waals surface area contributed by atoms with Gasteiger partial charge in [-0.3, -0.25) is 9.80 Å². The first-order valence-corrected chi connectivity index (χ1v) is 14.0. The van der Waals surface area contributed by atoms with Crippen LogP contribution in [-0.4, -0.2) is 71.6 Å². The van der Waals surface area contributed by atoms with Crippen molar-refractivity contribution in [1.29, 1.82) is 0 Å². The molecule has 7 heteroatoms. The van der Waals surface area contributed by atoms with Crippen LogP contribution >= 0.6 is 11.3 Å². The maximum Gasteiger partial charge on any atom is 0.180 e. The summed E-state index contributed by atoms with van der Waals surface area (Å²) < 4.78 is 0. The number of aromatic nitrogens is 2. The number of piperazine rings is 1. The number of hydrogen-bond donors (Lipinski definition) is 2. The van der Waals surface area contributed by atoms with E-state index in [1.807, 2.05) is 0 Å². The Hall–Kier alpha value is -2.61. The summed E-state index contributed by atoms with van der Waals surface area (Å²) >= 11 is 1.70. The van der Waals surface area contributed by atoms with Crippen molar-refractivity contribution >= 4 is 44.0 Å². The lowest BCUT2D eigenvalue weighted by atomic mass is 9.96. The van der Waals surface area contributed by atoms with Crippen molar-refractivity contribution in [3.8, 4) is 0 Å². The molecule has 6 nitrogen and oxygen atoms in total. The van der Waals surface area contributed by atoms with Crippen molar-refractivity contribution in [2.24, 2.45) is 0 Å². The van der Waals surface area contributed by atoms with E-state index in [4.69, 9.17) is 5.73 Å². The number of benzene rings is 2. The Morgan fingerprint density at radius 2 is 1.89 bits per heavy atom. The minimum absolute atomic E-state index is 0.628. The number of para-hydroxylation sites is 1. The largest absolute Gasteiger partial charge is 0.375 e. The van der Waals surface area contributed by atoms with Gasteiger partial charge < -0.3 is 15.6 Å². The van der Waals surface area contributed by atoms with Crippen molar-refractivity contribution in [1.82, 2.24) is 19.8 Å². The molecule has 6 rings (SSSR count). The second-order valence-electron chi connectivity index (χ2n) is 10.1. The summed E-state index contributed by atoms with van der Waals surface area (Å²) in [5.41, 5.74) is 11.1. The van der Waals surface area contributed by atoms with E-state index in [2.05, 4.69) is 74.1 Å². The van der Waals surface area contributed by atoms with Gasteiger partial charge in [0.2, 0.25) is 0 Å². The number of hydrogen-bond acceptors (Lipinski definition) is 6. The summed E-state index contributed by atoms with van der Waals surface area (Å²) in [6.45, 7) is 10.2. The monoisotopic (exact) mass is 488 g/mol. The Morgan fingerprint density at radius 1 is 1.06 bits per heavy atom. The van der Waals surface area contributed by atoms with Gasteiger partial charge in [0.05, 0.1) is 5.69 Å². The molecular formula is C28H36N6S. The van der Waals surface area contributed by atoms with E-state index in [0.29, 0.717) is 6.04 Å². The average molecular weight is 489 g/mol. The predicted molar refractivity (Wildman–Crippen MR) is 149 cm³/mol. The van der Waals surface area contributed by atoms with Crippen LogP contribution in [0.15, 0.2) is 42.5 Å². The van der Waals surface area contributed by atoms with Crippen molar-refractivity contribution in [3.63, 3.8) is 0 Å². The molecule has 1 atom stereocenters. The third-order valence-corrected chi connectivity index (χ3v) is 8.83. The number of nitrogens with two attached hydrogens (primary N) is 1. The topological polar surface area (TPSA) is 64.4 Å². The van der Waals surface area contributed by atoms with E-state index in [1.54, 1.807) is 11.3 Å². The zero-order chi connectivity index (χ0) is 23.8. The van der Waals surface area contributed by atoms with Gasteiger partial charge in [-0.05, 0) is 50.4 Å². The lowest BCUT2D eigenvalue weighted by molar-refractivity contribution is 0.146. The molecule has 1 aliphatic carbocycles. The molecule has 1 fully saturated rings. The van der Waals surface area contributed by atoms with E-state index in [9.17, 15) is 0 Å². The molecule has 0 unspecified atom stereocenters. The van der Waals surface area contributed by atoms with Gasteiger partial charge in [-0.15, -0.1) is 11.3 Å². The number of anilines is 2. The summed E-state index contributed by atoms with van der Waals surface area (Å²) in [5.74, 6) is 0. The first-order valence-electron chi connectivity index (χ1n) is 13.1. The number of thiazole rings is 1. The van der Waals surface area contributed by atoms with Crippen molar-refractivity contribution < 1.29 is 0 Å². The highest BCUT2D eigenvalue weighted by Crippen LogP contribution is 2.34. The molecule has 184 valence electrons. The van der Waals surface area contributed by atoms with Gasteiger partial charge in [-0.2, -0.15) is 0 Å². The number of nitrogen functional groups attached to an aromatic ring is 1. The highest BCUT2D eigenvalue weighted by molar-refractivity contribution is 7.15. The summed E-state index contributed by atoms with van der Waals surface area (Å²) in [6.07, 6.45) is 4.60. The van der Waals surface area contributed by atoms with Crippen molar-refractivity contribution in [2.45, 2.75) is 38.6 Å². The van der Waals surface area contributed by atoms with Crippen LogP contribution in [0.2, 0.25) is 0 Å². The molecule has 1 aliphatic heterocycles. The van der Waals surface area contributed by atoms with Gasteiger partial charge in [0.15, 0.2) is 5.13 Å². The molecule has 1 saturated heterocycles. The summed E-state index contributed by atoms with van der Waals surface area (Å²) in [4.78, 5) is 17.5. The SMILES string of the molecule is CCCN(CCN1CCN(c2cccc3[nH]c4ccccc4c23)CC1)[C@H]1CCc2nc(N)sc2C1. The zero-order valence-electron chi connectivity index (χ0n) is 20.7. The molecule has 2 aromatic carbocycles. The first-order chi connectivity index (χ1) is 17.2. The lowest BCUT2D eigenvalue weighted by Gasteiger charge is -2.39. The molecule has 2 aliphatic rings. The number of rotatable bonds is 7. The number of aromatic amines is 1. The maximum atomic E-state index is 5.98. The van der Waals surface area contributed by atoms with Crippen LogP contribution in [0, 0.1) is 0 Å². The third-order valence-electron chi connectivity index (χ3n) is 7.88. The lowest BCUT2D eigenvalue weighted by Crippen LogP contribution is -2.50. The van der Waals surface area contributed by atoms with Crippen LogP contribution in [-0.2, 0) is 12.8 Å². The zero-order valence-corrected chi connectivity index (χ0v) is 21.5. The Balaban J connectivity index is 1.09. The molecule has 0 spiro atoms. The fraction of sp³-hybridized carbons (Fsp3) is 0.464. The fourth-order valence-electron chi connectivity index (χ4n) is 6.08. The first kappa shape index (κ1) is 22.8. The van der Waals surface area contributed by atoms with Crippen molar-refractivity contribution in [3.05, 3.63) is 53.0 Å². The number of aryl methyl sites for hydroxylation is 1. The van der Waals surface area contributed by atoms with Gasteiger partial charge in [0.1, 0.15) is 0 Å². The number of H-pyrrole nitrogens is 1. The highest BCUT2D eigenvalue weighted by Gasteiger charge is 2.27. The number of nitrogens with zero attached hydrogens (tertiary/aromatic N) is 4. The number of fused-ring (bicyclic) bond motifs is 4.